The molecule has 3 aromatic rings. The Morgan fingerprint density at radius 3 is 2.45 bits per heavy atom. The van der Waals surface area contributed by atoms with Crippen LogP contribution < -0.4 is 0 Å². The Morgan fingerprint density at radius 1 is 1.00 bits per heavy atom. The molecule has 4 nitrogen and oxygen atoms in total. The van der Waals surface area contributed by atoms with Crippen molar-refractivity contribution in [3.63, 3.8) is 0 Å². The van der Waals surface area contributed by atoms with Crippen LogP contribution in [0.1, 0.15) is 0 Å². The first-order chi connectivity index (χ1) is 9.56. The second-order valence-electron chi connectivity index (χ2n) is 4.28. The second-order valence-corrected chi connectivity index (χ2v) is 5.15. The third-order valence-electron chi connectivity index (χ3n) is 3.05. The minimum atomic E-state index is -0.442. The van der Waals surface area contributed by atoms with E-state index in [2.05, 4.69) is 0 Å². The lowest BCUT2D eigenvalue weighted by Crippen LogP contribution is -1.98. The molecule has 0 aliphatic heterocycles. The number of nitro benzene ring substituents is 1. The van der Waals surface area contributed by atoms with Gasteiger partial charge >= 0.3 is 0 Å². The average Bonchev–Trinajstić information content (AvgIpc) is 2.81. The second kappa shape index (κ2) is 4.81. The molecule has 0 aliphatic carbocycles. The first-order valence-corrected chi connectivity index (χ1v) is 6.53. The Balaban J connectivity index is 2.28. The van der Waals surface area contributed by atoms with Gasteiger partial charge in [-0.3, -0.25) is 10.1 Å². The van der Waals surface area contributed by atoms with E-state index >= 15 is 0 Å². The first kappa shape index (κ1) is 13.0. The number of fused-ring (bicyclic) bond motifs is 1. The topological polar surface area (TPSA) is 48.1 Å². The SMILES string of the molecule is O=[N+]([O-])c1cc(Cl)ccc1-n1ccc2cc(Cl)ccc21. The van der Waals surface area contributed by atoms with Gasteiger partial charge in [-0.15, -0.1) is 0 Å². The zero-order valence-electron chi connectivity index (χ0n) is 10.1. The summed E-state index contributed by atoms with van der Waals surface area (Å²) in [5.74, 6) is 0. The Kier molecular flexibility index (Phi) is 3.12. The zero-order chi connectivity index (χ0) is 14.3. The van der Waals surface area contributed by atoms with Crippen molar-refractivity contribution in [2.24, 2.45) is 0 Å². The van der Waals surface area contributed by atoms with Gasteiger partial charge in [-0.05, 0) is 36.4 Å². The van der Waals surface area contributed by atoms with Crippen molar-refractivity contribution in [3.8, 4) is 5.69 Å². The molecule has 1 aromatic heterocycles. The smallest absolute Gasteiger partial charge is 0.294 e. The van der Waals surface area contributed by atoms with Gasteiger partial charge in [-0.2, -0.15) is 0 Å². The van der Waals surface area contributed by atoms with Crippen molar-refractivity contribution >= 4 is 39.8 Å². The van der Waals surface area contributed by atoms with Crippen LogP contribution >= 0.6 is 23.2 Å². The van der Waals surface area contributed by atoms with Gasteiger partial charge in [0.15, 0.2) is 0 Å². The fourth-order valence-corrected chi connectivity index (χ4v) is 2.52. The van der Waals surface area contributed by atoms with Crippen molar-refractivity contribution in [1.82, 2.24) is 4.57 Å². The molecule has 2 aromatic carbocycles. The molecule has 100 valence electrons. The Labute approximate surface area is 124 Å². The molecule has 6 heteroatoms. The van der Waals surface area contributed by atoms with E-state index in [1.54, 1.807) is 29.0 Å². The lowest BCUT2D eigenvalue weighted by molar-refractivity contribution is -0.384. The highest BCUT2D eigenvalue weighted by Crippen LogP contribution is 2.30. The number of hydrogen-bond acceptors (Lipinski definition) is 2. The molecule has 1 heterocycles. The van der Waals surface area contributed by atoms with Gasteiger partial charge in [0.05, 0.1) is 10.4 Å². The van der Waals surface area contributed by atoms with Crippen LogP contribution in [0.3, 0.4) is 0 Å². The highest BCUT2D eigenvalue weighted by molar-refractivity contribution is 6.31. The van der Waals surface area contributed by atoms with Gasteiger partial charge in [0.2, 0.25) is 0 Å². The Morgan fingerprint density at radius 2 is 1.70 bits per heavy atom. The average molecular weight is 307 g/mol. The number of halogens is 2. The summed E-state index contributed by atoms with van der Waals surface area (Å²) in [4.78, 5) is 10.7. The lowest BCUT2D eigenvalue weighted by atomic mass is 10.2. The van der Waals surface area contributed by atoms with Gasteiger partial charge in [0.1, 0.15) is 5.69 Å². The molecule has 0 amide bonds. The molecule has 0 N–H and O–H groups in total. The van der Waals surface area contributed by atoms with Crippen LogP contribution in [0.25, 0.3) is 16.6 Å². The van der Waals surface area contributed by atoms with Crippen LogP contribution in [-0.2, 0) is 0 Å². The van der Waals surface area contributed by atoms with Crippen LogP contribution in [0, 0.1) is 10.1 Å². The summed E-state index contributed by atoms with van der Waals surface area (Å²) in [5, 5.41) is 13.0. The zero-order valence-corrected chi connectivity index (χ0v) is 11.6. The van der Waals surface area contributed by atoms with Crippen LogP contribution in [0.4, 0.5) is 5.69 Å². The van der Waals surface area contributed by atoms with Crippen LogP contribution in [0.5, 0.6) is 0 Å². The molecule has 0 saturated heterocycles. The van der Waals surface area contributed by atoms with Gasteiger partial charge in [0.25, 0.3) is 5.69 Å². The fraction of sp³-hybridized carbons (Fsp3) is 0. The molecule has 0 saturated carbocycles. The summed E-state index contributed by atoms with van der Waals surface area (Å²) >= 11 is 11.8. The summed E-state index contributed by atoms with van der Waals surface area (Å²) in [7, 11) is 0. The van der Waals surface area contributed by atoms with Gasteiger partial charge in [0, 0.05) is 27.7 Å². The van der Waals surface area contributed by atoms with Crippen LogP contribution in [-0.4, -0.2) is 9.49 Å². The standard InChI is InChI=1S/C14H8Cl2N2O2/c15-10-1-3-12-9(7-10)5-6-17(12)13-4-2-11(16)8-14(13)18(19)20/h1-8H. The molecular formula is C14H8Cl2N2O2. The maximum Gasteiger partial charge on any atom is 0.294 e. The summed E-state index contributed by atoms with van der Waals surface area (Å²) in [5.41, 5.74) is 1.28. The molecular weight excluding hydrogens is 299 g/mol. The number of benzene rings is 2. The van der Waals surface area contributed by atoms with E-state index in [9.17, 15) is 10.1 Å². The van der Waals surface area contributed by atoms with E-state index in [0.717, 1.165) is 10.9 Å². The van der Waals surface area contributed by atoms with E-state index in [1.165, 1.54) is 6.07 Å². The molecule has 0 aliphatic rings. The van der Waals surface area contributed by atoms with Crippen molar-refractivity contribution in [2.75, 3.05) is 0 Å². The summed E-state index contributed by atoms with van der Waals surface area (Å²) < 4.78 is 1.75. The number of aromatic nitrogens is 1. The summed E-state index contributed by atoms with van der Waals surface area (Å²) in [6.45, 7) is 0. The normalized spacial score (nSPS) is 10.9. The van der Waals surface area contributed by atoms with E-state index in [1.807, 2.05) is 18.2 Å². The van der Waals surface area contributed by atoms with Crippen molar-refractivity contribution in [3.05, 3.63) is 68.8 Å². The highest BCUT2D eigenvalue weighted by atomic mass is 35.5. The Hall–Kier alpha value is -2.04. The molecule has 3 rings (SSSR count). The van der Waals surface area contributed by atoms with Gasteiger partial charge in [-0.1, -0.05) is 23.2 Å². The van der Waals surface area contributed by atoms with E-state index in [-0.39, 0.29) is 5.69 Å². The number of nitrogens with zero attached hydrogens (tertiary/aromatic N) is 2. The molecule has 0 radical (unpaired) electrons. The monoisotopic (exact) mass is 306 g/mol. The number of nitro groups is 1. The molecule has 0 unspecified atom stereocenters. The van der Waals surface area contributed by atoms with E-state index in [4.69, 9.17) is 23.2 Å². The van der Waals surface area contributed by atoms with Crippen molar-refractivity contribution < 1.29 is 4.92 Å². The van der Waals surface area contributed by atoms with Crippen LogP contribution in [0.15, 0.2) is 48.7 Å². The summed E-state index contributed by atoms with van der Waals surface area (Å²) in [6.07, 6.45) is 1.78. The highest BCUT2D eigenvalue weighted by Gasteiger charge is 2.17. The van der Waals surface area contributed by atoms with Crippen molar-refractivity contribution in [1.29, 1.82) is 0 Å². The maximum atomic E-state index is 11.2. The molecule has 0 fully saturated rings. The quantitative estimate of drug-likeness (QED) is 0.502. The third kappa shape index (κ3) is 2.13. The Bertz CT molecular complexity index is 827. The lowest BCUT2D eigenvalue weighted by Gasteiger charge is -2.07. The predicted molar refractivity (Wildman–Crippen MR) is 79.9 cm³/mol. The predicted octanol–water partition coefficient (Wildman–Crippen LogP) is 4.85. The number of rotatable bonds is 2. The summed E-state index contributed by atoms with van der Waals surface area (Å²) in [6, 6.07) is 11.9. The molecule has 20 heavy (non-hydrogen) atoms. The van der Waals surface area contributed by atoms with E-state index < -0.39 is 4.92 Å². The van der Waals surface area contributed by atoms with E-state index in [0.29, 0.717) is 15.7 Å². The molecule has 0 bridgehead atoms. The minimum absolute atomic E-state index is 0.0371. The first-order valence-electron chi connectivity index (χ1n) is 5.77. The number of hydrogen-bond donors (Lipinski definition) is 0. The molecule has 0 atom stereocenters. The maximum absolute atomic E-state index is 11.2. The third-order valence-corrected chi connectivity index (χ3v) is 3.52. The minimum Gasteiger partial charge on any atom is -0.311 e. The van der Waals surface area contributed by atoms with Gasteiger partial charge < -0.3 is 4.57 Å². The van der Waals surface area contributed by atoms with Crippen molar-refractivity contribution in [2.45, 2.75) is 0 Å². The van der Waals surface area contributed by atoms with Crippen LogP contribution in [0.2, 0.25) is 10.0 Å². The molecule has 0 spiro atoms. The fourth-order valence-electron chi connectivity index (χ4n) is 2.17. The van der Waals surface area contributed by atoms with Gasteiger partial charge in [-0.25, -0.2) is 0 Å². The largest absolute Gasteiger partial charge is 0.311 e.